The molecular formula is C25H26N6O2S. The average molecular weight is 475 g/mol. The van der Waals surface area contributed by atoms with E-state index in [0.717, 1.165) is 58.9 Å². The van der Waals surface area contributed by atoms with Gasteiger partial charge in [0.1, 0.15) is 11.6 Å². The van der Waals surface area contributed by atoms with Gasteiger partial charge < -0.3 is 14.6 Å². The third-order valence-electron chi connectivity index (χ3n) is 5.83. The predicted molar refractivity (Wildman–Crippen MR) is 132 cm³/mol. The van der Waals surface area contributed by atoms with Gasteiger partial charge in [-0.1, -0.05) is 18.2 Å². The largest absolute Gasteiger partial charge is 0.497 e. The van der Waals surface area contributed by atoms with Crippen LogP contribution in [0.4, 0.5) is 5.69 Å². The Morgan fingerprint density at radius 2 is 1.88 bits per heavy atom. The van der Waals surface area contributed by atoms with Crippen molar-refractivity contribution in [3.8, 4) is 22.8 Å². The number of hydrogen-bond acceptors (Lipinski definition) is 6. The van der Waals surface area contributed by atoms with E-state index in [4.69, 9.17) is 4.74 Å². The first-order valence-corrected chi connectivity index (χ1v) is 12.3. The van der Waals surface area contributed by atoms with E-state index < -0.39 is 0 Å². The number of imidazole rings is 1. The van der Waals surface area contributed by atoms with Crippen LogP contribution in [0.1, 0.15) is 25.1 Å². The number of benzene rings is 2. The summed E-state index contributed by atoms with van der Waals surface area (Å²) in [5.41, 5.74) is 2.72. The number of aromatic nitrogens is 5. The minimum Gasteiger partial charge on any atom is -0.497 e. The summed E-state index contributed by atoms with van der Waals surface area (Å²) in [6, 6.07) is 15.5. The SMILES string of the molecule is COc1ccc(-n2ccnc2SCC(=O)Nc2ccc(-c3nnc4n3CCCCC4)cc2)cc1. The molecule has 1 N–H and O–H groups in total. The van der Waals surface area contributed by atoms with Crippen molar-refractivity contribution in [3.05, 3.63) is 66.7 Å². The number of nitrogens with zero attached hydrogens (tertiary/aromatic N) is 5. The highest BCUT2D eigenvalue weighted by atomic mass is 32.2. The van der Waals surface area contributed by atoms with E-state index in [2.05, 4.69) is 25.1 Å². The van der Waals surface area contributed by atoms with Crippen LogP contribution < -0.4 is 10.1 Å². The Labute approximate surface area is 202 Å². The summed E-state index contributed by atoms with van der Waals surface area (Å²) in [7, 11) is 1.64. The summed E-state index contributed by atoms with van der Waals surface area (Å²) in [6.45, 7) is 0.958. The number of methoxy groups -OCH3 is 1. The smallest absolute Gasteiger partial charge is 0.234 e. The summed E-state index contributed by atoms with van der Waals surface area (Å²) in [6.07, 6.45) is 8.14. The number of amides is 1. The van der Waals surface area contributed by atoms with Gasteiger partial charge in [0.25, 0.3) is 0 Å². The zero-order valence-corrected chi connectivity index (χ0v) is 19.8. The standard InChI is InChI=1S/C25H26N6O2S/c1-33-21-12-10-20(11-13-21)30-16-14-26-25(30)34-17-23(32)27-19-8-6-18(7-9-19)24-29-28-22-5-3-2-4-15-31(22)24/h6-14,16H,2-5,15,17H2,1H3,(H,27,32). The first kappa shape index (κ1) is 22.2. The van der Waals surface area contributed by atoms with Gasteiger partial charge in [-0.3, -0.25) is 9.36 Å². The molecule has 0 saturated carbocycles. The number of hydrogen-bond donors (Lipinski definition) is 1. The Kier molecular flexibility index (Phi) is 6.62. The first-order valence-electron chi connectivity index (χ1n) is 11.3. The topological polar surface area (TPSA) is 86.9 Å². The molecule has 0 bridgehead atoms. The van der Waals surface area contributed by atoms with Gasteiger partial charge in [0.15, 0.2) is 11.0 Å². The van der Waals surface area contributed by atoms with Gasteiger partial charge in [-0.15, -0.1) is 10.2 Å². The lowest BCUT2D eigenvalue weighted by Gasteiger charge is -2.10. The first-order chi connectivity index (χ1) is 16.7. The Hall–Kier alpha value is -3.59. The second-order valence-electron chi connectivity index (χ2n) is 8.09. The molecule has 0 aliphatic carbocycles. The molecular weight excluding hydrogens is 448 g/mol. The normalized spacial score (nSPS) is 13.2. The summed E-state index contributed by atoms with van der Waals surface area (Å²) in [5, 5.41) is 12.5. The number of carbonyl (C=O) groups excluding carboxylic acids is 1. The van der Waals surface area contributed by atoms with E-state index in [1.165, 1.54) is 24.6 Å². The van der Waals surface area contributed by atoms with E-state index in [-0.39, 0.29) is 11.7 Å². The van der Waals surface area contributed by atoms with Crippen LogP contribution in [0.5, 0.6) is 5.75 Å². The molecule has 1 amide bonds. The third-order valence-corrected chi connectivity index (χ3v) is 6.79. The van der Waals surface area contributed by atoms with E-state index in [0.29, 0.717) is 0 Å². The molecule has 5 rings (SSSR count). The van der Waals surface area contributed by atoms with Crippen molar-refractivity contribution in [2.75, 3.05) is 18.2 Å². The monoisotopic (exact) mass is 474 g/mol. The van der Waals surface area contributed by atoms with Crippen molar-refractivity contribution >= 4 is 23.4 Å². The van der Waals surface area contributed by atoms with Crippen molar-refractivity contribution < 1.29 is 9.53 Å². The van der Waals surface area contributed by atoms with Gasteiger partial charge in [-0.05, 0) is 61.4 Å². The number of carbonyl (C=O) groups is 1. The fourth-order valence-electron chi connectivity index (χ4n) is 4.06. The minimum absolute atomic E-state index is 0.0848. The van der Waals surface area contributed by atoms with Gasteiger partial charge in [0.2, 0.25) is 5.91 Å². The van der Waals surface area contributed by atoms with Crippen molar-refractivity contribution in [2.45, 2.75) is 37.4 Å². The molecule has 4 aromatic rings. The summed E-state index contributed by atoms with van der Waals surface area (Å²) in [5.74, 6) is 2.93. The molecule has 3 heterocycles. The van der Waals surface area contributed by atoms with E-state index in [1.54, 1.807) is 13.3 Å². The van der Waals surface area contributed by atoms with Crippen LogP contribution in [0.15, 0.2) is 66.1 Å². The number of thioether (sulfide) groups is 1. The minimum atomic E-state index is -0.0848. The van der Waals surface area contributed by atoms with E-state index in [1.807, 2.05) is 59.3 Å². The highest BCUT2D eigenvalue weighted by molar-refractivity contribution is 7.99. The highest BCUT2D eigenvalue weighted by Gasteiger charge is 2.16. The highest BCUT2D eigenvalue weighted by Crippen LogP contribution is 2.25. The molecule has 1 aliphatic rings. The van der Waals surface area contributed by atoms with Crippen LogP contribution in [0.3, 0.4) is 0 Å². The lowest BCUT2D eigenvalue weighted by molar-refractivity contribution is -0.113. The average Bonchev–Trinajstić information content (AvgIpc) is 3.44. The molecule has 0 saturated heterocycles. The van der Waals surface area contributed by atoms with Crippen LogP contribution in [0, 0.1) is 0 Å². The van der Waals surface area contributed by atoms with E-state index >= 15 is 0 Å². The van der Waals surface area contributed by atoms with Gasteiger partial charge in [0.05, 0.1) is 12.9 Å². The molecule has 0 fully saturated rings. The second kappa shape index (κ2) is 10.1. The molecule has 9 heteroatoms. The van der Waals surface area contributed by atoms with Gasteiger partial charge in [-0.25, -0.2) is 4.98 Å². The summed E-state index contributed by atoms with van der Waals surface area (Å²) in [4.78, 5) is 17.0. The van der Waals surface area contributed by atoms with Crippen LogP contribution in [-0.2, 0) is 17.8 Å². The number of ether oxygens (including phenoxy) is 1. The molecule has 1 aliphatic heterocycles. The zero-order chi connectivity index (χ0) is 23.3. The number of anilines is 1. The Morgan fingerprint density at radius 3 is 2.68 bits per heavy atom. The maximum Gasteiger partial charge on any atom is 0.234 e. The molecule has 0 spiro atoms. The predicted octanol–water partition coefficient (Wildman–Crippen LogP) is 4.60. The molecule has 2 aromatic heterocycles. The maximum absolute atomic E-state index is 12.6. The van der Waals surface area contributed by atoms with Crippen molar-refractivity contribution in [3.63, 3.8) is 0 Å². The Bertz CT molecular complexity index is 1260. The number of nitrogens with one attached hydrogen (secondary N) is 1. The summed E-state index contributed by atoms with van der Waals surface area (Å²) >= 11 is 1.39. The van der Waals surface area contributed by atoms with Crippen molar-refractivity contribution in [1.82, 2.24) is 24.3 Å². The van der Waals surface area contributed by atoms with Crippen LogP contribution in [0.2, 0.25) is 0 Å². The van der Waals surface area contributed by atoms with Gasteiger partial charge in [-0.2, -0.15) is 0 Å². The lowest BCUT2D eigenvalue weighted by Crippen LogP contribution is -2.14. The molecule has 34 heavy (non-hydrogen) atoms. The summed E-state index contributed by atoms with van der Waals surface area (Å²) < 4.78 is 9.40. The van der Waals surface area contributed by atoms with Crippen LogP contribution in [-0.4, -0.2) is 43.1 Å². The Balaban J connectivity index is 1.20. The molecule has 0 radical (unpaired) electrons. The quantitative estimate of drug-likeness (QED) is 0.394. The maximum atomic E-state index is 12.6. The second-order valence-corrected chi connectivity index (χ2v) is 9.04. The number of rotatable bonds is 7. The number of fused-ring (bicyclic) bond motifs is 1. The molecule has 174 valence electrons. The molecule has 0 unspecified atom stereocenters. The lowest BCUT2D eigenvalue weighted by atomic mass is 10.2. The van der Waals surface area contributed by atoms with E-state index in [9.17, 15) is 4.79 Å². The van der Waals surface area contributed by atoms with Gasteiger partial charge in [0, 0.05) is 42.3 Å². The van der Waals surface area contributed by atoms with Crippen LogP contribution >= 0.6 is 11.8 Å². The fraction of sp³-hybridized carbons (Fsp3) is 0.280. The molecule has 0 atom stereocenters. The van der Waals surface area contributed by atoms with Crippen molar-refractivity contribution in [2.24, 2.45) is 0 Å². The van der Waals surface area contributed by atoms with Crippen LogP contribution in [0.25, 0.3) is 17.1 Å². The number of aryl methyl sites for hydroxylation is 1. The van der Waals surface area contributed by atoms with Crippen molar-refractivity contribution in [1.29, 1.82) is 0 Å². The van der Waals surface area contributed by atoms with Gasteiger partial charge >= 0.3 is 0 Å². The molecule has 2 aromatic carbocycles. The third kappa shape index (κ3) is 4.84. The Morgan fingerprint density at radius 1 is 1.06 bits per heavy atom. The zero-order valence-electron chi connectivity index (χ0n) is 19.0. The molecule has 8 nitrogen and oxygen atoms in total. The fourth-order valence-corrected chi connectivity index (χ4v) is 4.84.